The van der Waals surface area contributed by atoms with Gasteiger partial charge in [-0.2, -0.15) is 82.7 Å². The molecule has 1 unspecified atom stereocenters. The Balaban J connectivity index is -0.000000141. The van der Waals surface area contributed by atoms with Gasteiger partial charge in [0.25, 0.3) is 15.2 Å². The first-order valence-corrected chi connectivity index (χ1v) is 43.6. The molecule has 5 aromatic heterocycles. The smallest absolute Gasteiger partial charge is 0.435 e. The number of nitrogen functional groups attached to an aromatic ring is 1. The Morgan fingerprint density at radius 3 is 1.20 bits per heavy atom. The normalized spacial score (nSPS) is 11.3. The van der Waals surface area contributed by atoms with Gasteiger partial charge in [-0.05, 0) is 101 Å². The van der Waals surface area contributed by atoms with E-state index in [1.54, 1.807) is 48.5 Å². The van der Waals surface area contributed by atoms with Gasteiger partial charge in [-0.1, -0.05) is 11.3 Å². The molecule has 0 amide bonds. The standard InChI is InChI=1S/C7H7F3N2O2S.C7H6F3NO2S.C6H9ClO3.C6H6F3NO3S2.C6H10O3.C5H5F3N2S.C5H4F3NOS.C4H9NO3.C4H8O.2C2H6O.2CH2Cl2.CH3F.CH4N2S.Cl2O2S/c1-2-14-5(13)3-4(7(8,9)10)12-6(11)15-3;1-2-13-6(12)4-5(7(8,9)10)11-3-14-4;1-3-10-6(9)5(7)4(2)8;1-15(11,12)13-2-4-5(6(7,8)9)10-3-14-4;1-3-9-6(8)4-5(2)7;6-5(7,8)4-3(1-9)11-2-10-4;6-5(7,8)4-3(1-10)11-2-9-4;1-4(2,3)8-5(6)7;1-2-4-5-3-1;2*1-2-3;2*2-1-3;1-2;2-1(3)4;1-5(2,3)4/h2H2,1H3,(H2,11,12);3H,2H2,1H3;5H,3H2,1-2H3;3H,2H2,1H3;3-4H2,1-2H3;2H,1,9H2;2,10H,1H2;1-3H3;1-4H2;2*3H,2H2,1H3;2*1H2;1H3;(H4,2,3,4);/i;;;;;;;;;;;;;1D;;. The van der Waals surface area contributed by atoms with E-state index in [4.69, 9.17) is 99.3 Å². The summed E-state index contributed by atoms with van der Waals surface area (Å²) >= 11 is 32.0. The van der Waals surface area contributed by atoms with Gasteiger partial charge in [0.2, 0.25) is 0 Å². The number of carbonyl (C=O) groups is 6. The van der Waals surface area contributed by atoms with E-state index < -0.39 is 148 Å². The van der Waals surface area contributed by atoms with Crippen LogP contribution in [-0.4, -0.2) is 191 Å². The van der Waals surface area contributed by atoms with Crippen LogP contribution in [0.25, 0.3) is 0 Å². The highest BCUT2D eigenvalue weighted by atomic mass is 36.0. The van der Waals surface area contributed by atoms with Crippen LogP contribution in [0.5, 0.6) is 0 Å². The third-order valence-corrected chi connectivity index (χ3v) is 14.0. The Kier molecular flexibility index (Phi) is 83.8. The molecule has 6 rings (SSSR count). The molecule has 0 saturated carbocycles. The van der Waals surface area contributed by atoms with Gasteiger partial charge < -0.3 is 66.8 Å². The van der Waals surface area contributed by atoms with E-state index in [1.807, 2.05) is 0 Å². The van der Waals surface area contributed by atoms with E-state index in [2.05, 4.69) is 97.9 Å². The molecule has 63 heteroatoms. The number of aromatic nitrogens is 5. The van der Waals surface area contributed by atoms with Gasteiger partial charge in [-0.15, -0.1) is 113 Å². The summed E-state index contributed by atoms with van der Waals surface area (Å²) in [4.78, 5) is 91.7. The van der Waals surface area contributed by atoms with E-state index in [9.17, 15) is 118 Å². The van der Waals surface area contributed by atoms with Crippen molar-refractivity contribution < 1.29 is 170 Å². The van der Waals surface area contributed by atoms with Crippen molar-refractivity contribution in [3.63, 3.8) is 0 Å². The van der Waals surface area contributed by atoms with Crippen LogP contribution < -0.4 is 22.9 Å². The molecule has 1 aliphatic heterocycles. The van der Waals surface area contributed by atoms with Crippen LogP contribution in [0.2, 0.25) is 0 Å². The van der Waals surface area contributed by atoms with Gasteiger partial charge in [0, 0.05) is 54.3 Å². The van der Waals surface area contributed by atoms with Gasteiger partial charge in [0.15, 0.2) is 49.9 Å². The minimum atomic E-state index is -4.70. The summed E-state index contributed by atoms with van der Waals surface area (Å²) in [6, 6.07) is 0. The molecule has 1 fully saturated rings. The van der Waals surface area contributed by atoms with E-state index >= 15 is 0 Å². The Bertz CT molecular complexity index is 3750. The lowest BCUT2D eigenvalue weighted by Gasteiger charge is -2.13. The van der Waals surface area contributed by atoms with Crippen molar-refractivity contribution >= 4 is 212 Å². The molecule has 32 nitrogen and oxygen atoms in total. The van der Waals surface area contributed by atoms with Crippen molar-refractivity contribution in [2.45, 2.75) is 157 Å². The molecule has 6 heterocycles. The fourth-order valence-corrected chi connectivity index (χ4v) is 9.12. The third-order valence-electron chi connectivity index (χ3n) is 8.86. The number of hydrogen-bond donors (Lipinski definition) is 7. The number of Topliss-reactive ketones (excluding diaryl/α,β-unsaturated/α-hetero) is 2. The lowest BCUT2D eigenvalue weighted by Crippen LogP contribution is -2.24. The van der Waals surface area contributed by atoms with E-state index in [1.165, 1.54) is 40.5 Å². The number of halogens is 23. The summed E-state index contributed by atoms with van der Waals surface area (Å²) in [6.45, 7) is 19.0. The van der Waals surface area contributed by atoms with Crippen LogP contribution in [0.3, 0.4) is 0 Å². The second-order valence-corrected chi connectivity index (χ2v) is 32.2. The number of anilines is 1. The molecule has 0 spiro atoms. The number of thiocarbonyl (C=S) groups is 1. The largest absolute Gasteiger partial charge is 0.466 e. The number of alkyl halides is 21. The number of thiazole rings is 5. The van der Waals surface area contributed by atoms with Crippen LogP contribution in [0, 0.1) is 10.1 Å². The van der Waals surface area contributed by atoms with E-state index in [-0.39, 0.29) is 93.1 Å². The lowest BCUT2D eigenvalue weighted by molar-refractivity contribution is -0.778. The van der Waals surface area contributed by atoms with Crippen molar-refractivity contribution in [3.8, 4) is 0 Å². The van der Waals surface area contributed by atoms with Crippen molar-refractivity contribution in [2.24, 2.45) is 17.2 Å². The second kappa shape index (κ2) is 75.9. The Hall–Kier alpha value is -5.37. The van der Waals surface area contributed by atoms with E-state index in [0.29, 0.717) is 40.6 Å². The van der Waals surface area contributed by atoms with Crippen LogP contribution >= 0.6 is 148 Å². The predicted octanol–water partition coefficient (Wildman–Crippen LogP) is 15.6. The molecule has 1 saturated heterocycles. The highest BCUT2D eigenvalue weighted by Gasteiger charge is 2.42. The molecule has 5 aromatic rings. The molecular formula is C58H87Cl7F16N10O22S8. The Morgan fingerprint density at radius 2 is 0.942 bits per heavy atom. The molecule has 0 aromatic carbocycles. The first kappa shape index (κ1) is 134. The third kappa shape index (κ3) is 87.9. The lowest BCUT2D eigenvalue weighted by atomic mass is 10.2. The molecule has 121 heavy (non-hydrogen) atoms. The Morgan fingerprint density at radius 1 is 0.628 bits per heavy atom. The van der Waals surface area contributed by atoms with Gasteiger partial charge in [-0.25, -0.2) is 39.3 Å². The average Bonchev–Trinajstić information content (AvgIpc) is 1.70. The molecule has 0 aliphatic carbocycles. The molecule has 11 N–H and O–H groups in total. The van der Waals surface area contributed by atoms with Crippen molar-refractivity contribution in [1.82, 2.24) is 24.9 Å². The van der Waals surface area contributed by atoms with Crippen LogP contribution in [0.1, 0.15) is 159 Å². The van der Waals surface area contributed by atoms with Crippen molar-refractivity contribution in [2.75, 3.05) is 82.7 Å². The SMILES string of the molecule is C1CCOC1.CC(C)(C)O[N+](=O)[O-].CCO.CCO.CCOC(=O)C(Cl)C(C)=O.CCOC(=O)CC(C)=O.CCOC(=O)c1sc(N)nc1C(F)(F)F.CCOC(=O)c1scnc1C(F)(F)F.CS(=O)(=O)OCc1scnc1C(F)(F)F.ClCCl.ClCCl.NC(N)=S.NCc1scnc1C(F)(F)F.O=S(=O)(Cl)Cl.OCc1scnc1C(F)(F)F.[2H]CF. The van der Waals surface area contributed by atoms with Crippen LogP contribution in [0.4, 0.5) is 75.4 Å². The number of ketones is 2. The summed E-state index contributed by atoms with van der Waals surface area (Å²) < 4.78 is 264. The van der Waals surface area contributed by atoms with E-state index in [0.717, 1.165) is 64.2 Å². The highest BCUT2D eigenvalue weighted by Crippen LogP contribution is 2.38. The minimum absolute atomic E-state index is 0.000000000000000222. The molecular weight excluding hydrogens is 2000 g/mol. The maximum Gasteiger partial charge on any atom is 0.435 e. The summed E-state index contributed by atoms with van der Waals surface area (Å²) in [5.74, 6) is -3.70. The topological polar surface area (TPSA) is 508 Å². The van der Waals surface area contributed by atoms with Gasteiger partial charge >= 0.3 is 63.0 Å². The number of hydrogen-bond acceptors (Lipinski definition) is 35. The number of ether oxygens (including phenoxy) is 5. The Labute approximate surface area is 744 Å². The average molecular weight is 2090 g/mol. The fourth-order valence-electron chi connectivity index (χ4n) is 5.21. The number of esters is 4. The molecule has 0 radical (unpaired) electrons. The number of nitrogens with two attached hydrogens (primary N) is 4. The second-order valence-electron chi connectivity index (χ2n) is 19.7. The zero-order valence-corrected chi connectivity index (χ0v) is 76.8. The van der Waals surface area contributed by atoms with Crippen molar-refractivity contribution in [3.05, 3.63) is 85.0 Å². The number of carbonyl (C=O) groups excluding carboxylic acids is 6. The zero-order valence-electron chi connectivity index (χ0n) is 66.0. The first-order valence-electron chi connectivity index (χ1n) is 32.0. The fraction of sp³-hybridized carbons (Fsp3) is 0.621. The molecule has 1 atom stereocenters. The number of aliphatic hydroxyl groups excluding tert-OH is 3. The maximum atomic E-state index is 12.3. The molecule has 1 aliphatic rings. The highest BCUT2D eigenvalue weighted by molar-refractivity contribution is 8.31. The quantitative estimate of drug-likeness (QED) is 0.00461. The van der Waals surface area contributed by atoms with Gasteiger partial charge in [0.1, 0.15) is 34.2 Å². The van der Waals surface area contributed by atoms with Gasteiger partial charge in [0.05, 0.1) is 95.2 Å². The van der Waals surface area contributed by atoms with Crippen LogP contribution in [-0.2, 0) is 121 Å². The monoisotopic (exact) mass is 2080 g/mol. The zero-order chi connectivity index (χ0) is 98.4. The summed E-state index contributed by atoms with van der Waals surface area (Å²) in [5, 5.41) is 31.3. The molecule has 710 valence electrons. The number of aliphatic hydroxyl groups is 3. The first-order chi connectivity index (χ1) is 55.6. The summed E-state index contributed by atoms with van der Waals surface area (Å²) in [5.41, 5.74) is 17.5. The summed E-state index contributed by atoms with van der Waals surface area (Å²) in [7, 11) is 0.0624. The van der Waals surface area contributed by atoms with Crippen LogP contribution in [0.15, 0.2) is 22.0 Å². The van der Waals surface area contributed by atoms with Gasteiger partial charge in [-0.3, -0.25) is 23.0 Å². The maximum absolute atomic E-state index is 12.3. The number of nitrogens with zero attached hydrogens (tertiary/aromatic N) is 6. The summed E-state index contributed by atoms with van der Waals surface area (Å²) in [6.07, 6.45) is -19.5. The number of rotatable bonds is 16. The van der Waals surface area contributed by atoms with Crippen molar-refractivity contribution in [1.29, 1.82) is 0 Å². The predicted molar refractivity (Wildman–Crippen MR) is 429 cm³/mol. The molecule has 0 bridgehead atoms. The minimum Gasteiger partial charge on any atom is -0.466 e.